The predicted molar refractivity (Wildman–Crippen MR) is 98.2 cm³/mol. The monoisotopic (exact) mass is 315 g/mol. The summed E-state index contributed by atoms with van der Waals surface area (Å²) >= 11 is 1.74. The van der Waals surface area contributed by atoms with Crippen LogP contribution < -0.4 is 0 Å². The minimum Gasteiger partial charge on any atom is -0.192 e. The molecule has 0 N–H and O–H groups in total. The second-order valence-corrected chi connectivity index (χ2v) is 6.70. The Balaban J connectivity index is 1.81. The molecule has 0 spiro atoms. The van der Waals surface area contributed by atoms with Gasteiger partial charge in [0.25, 0.3) is 0 Å². The van der Waals surface area contributed by atoms with Crippen LogP contribution in [0, 0.1) is 18.3 Å². The first-order chi connectivity index (χ1) is 11.2. The van der Waals surface area contributed by atoms with Crippen LogP contribution in [0.1, 0.15) is 26.4 Å². The molecule has 0 amide bonds. The topological polar surface area (TPSA) is 23.8 Å². The summed E-state index contributed by atoms with van der Waals surface area (Å²) < 4.78 is 0. The van der Waals surface area contributed by atoms with E-state index in [9.17, 15) is 5.26 Å². The molecule has 0 saturated heterocycles. The summed E-state index contributed by atoms with van der Waals surface area (Å²) in [5, 5.41) is 9.44. The molecular weight excluding hydrogens is 298 g/mol. The minimum atomic E-state index is 0.707. The molecular formula is C21H17NS. The van der Waals surface area contributed by atoms with Crippen molar-refractivity contribution in [3.8, 4) is 6.07 Å². The van der Waals surface area contributed by atoms with Gasteiger partial charge in [0.1, 0.15) is 0 Å². The van der Waals surface area contributed by atoms with E-state index < -0.39 is 0 Å². The van der Waals surface area contributed by atoms with Gasteiger partial charge in [0.15, 0.2) is 0 Å². The van der Waals surface area contributed by atoms with Crippen LogP contribution >= 0.6 is 11.3 Å². The van der Waals surface area contributed by atoms with Crippen LogP contribution in [0.2, 0.25) is 0 Å². The smallest absolute Gasteiger partial charge is 0.0998 e. The quantitative estimate of drug-likeness (QED) is 0.566. The van der Waals surface area contributed by atoms with Gasteiger partial charge < -0.3 is 0 Å². The van der Waals surface area contributed by atoms with Gasteiger partial charge in [-0.3, -0.25) is 0 Å². The van der Waals surface area contributed by atoms with E-state index in [1.165, 1.54) is 16.0 Å². The average Bonchev–Trinajstić information content (AvgIpc) is 3.01. The lowest BCUT2D eigenvalue weighted by molar-refractivity contribution is 1.24. The van der Waals surface area contributed by atoms with Gasteiger partial charge >= 0.3 is 0 Å². The molecule has 2 aromatic carbocycles. The standard InChI is InChI=1S/C21H17NS/c1-16-7-9-18(10-8-16)19(15-22)14-21-12-11-20(23-21)13-17-5-3-2-4-6-17/h2-12,14H,13H2,1H3/b19-14+. The largest absolute Gasteiger partial charge is 0.192 e. The molecule has 1 aromatic heterocycles. The molecule has 0 fully saturated rings. The molecule has 2 heteroatoms. The molecule has 0 radical (unpaired) electrons. The van der Waals surface area contributed by atoms with Gasteiger partial charge in [-0.1, -0.05) is 60.2 Å². The summed E-state index contributed by atoms with van der Waals surface area (Å²) in [4.78, 5) is 2.43. The Kier molecular flexibility index (Phi) is 4.71. The van der Waals surface area contributed by atoms with Crippen molar-refractivity contribution in [3.05, 3.63) is 93.2 Å². The Morgan fingerprint density at radius 3 is 2.43 bits per heavy atom. The van der Waals surface area contributed by atoms with Crippen LogP contribution in [0.15, 0.2) is 66.7 Å². The van der Waals surface area contributed by atoms with Crippen molar-refractivity contribution in [2.45, 2.75) is 13.3 Å². The number of thiophene rings is 1. The maximum Gasteiger partial charge on any atom is 0.0998 e. The summed E-state index contributed by atoms with van der Waals surface area (Å²) in [7, 11) is 0. The van der Waals surface area contributed by atoms with Gasteiger partial charge in [0.05, 0.1) is 11.6 Å². The number of benzene rings is 2. The third-order valence-corrected chi connectivity index (χ3v) is 4.71. The fourth-order valence-corrected chi connectivity index (χ4v) is 3.41. The van der Waals surface area contributed by atoms with Crippen LogP contribution in [-0.2, 0) is 6.42 Å². The number of allylic oxidation sites excluding steroid dienone is 1. The Labute approximate surface area is 141 Å². The van der Waals surface area contributed by atoms with E-state index in [4.69, 9.17) is 0 Å². The summed E-state index contributed by atoms with van der Waals surface area (Å²) in [6.07, 6.45) is 2.91. The SMILES string of the molecule is Cc1ccc(/C(C#N)=C/c2ccc(Cc3ccccc3)s2)cc1. The van der Waals surface area contributed by atoms with Crippen molar-refractivity contribution in [1.29, 1.82) is 5.26 Å². The molecule has 0 aliphatic carbocycles. The number of hydrogen-bond donors (Lipinski definition) is 0. The lowest BCUT2D eigenvalue weighted by Gasteiger charge is -1.99. The first kappa shape index (κ1) is 15.3. The summed E-state index contributed by atoms with van der Waals surface area (Å²) in [6.45, 7) is 2.05. The number of nitriles is 1. The molecule has 0 aliphatic heterocycles. The molecule has 1 nitrogen and oxygen atoms in total. The second kappa shape index (κ2) is 7.09. The first-order valence-electron chi connectivity index (χ1n) is 7.56. The van der Waals surface area contributed by atoms with Crippen LogP contribution in [0.3, 0.4) is 0 Å². The Bertz CT molecular complexity index is 849. The van der Waals surface area contributed by atoms with Crippen LogP contribution in [0.4, 0.5) is 0 Å². The highest BCUT2D eigenvalue weighted by Gasteiger charge is 2.04. The highest BCUT2D eigenvalue weighted by Crippen LogP contribution is 2.25. The molecule has 0 aliphatic rings. The highest BCUT2D eigenvalue weighted by atomic mass is 32.1. The summed E-state index contributed by atoms with van der Waals surface area (Å²) in [6, 6.07) is 25.1. The molecule has 0 saturated carbocycles. The van der Waals surface area contributed by atoms with E-state index in [1.807, 2.05) is 36.4 Å². The van der Waals surface area contributed by atoms with Gasteiger partial charge in [-0.15, -0.1) is 11.3 Å². The van der Waals surface area contributed by atoms with Gasteiger partial charge in [0, 0.05) is 16.2 Å². The van der Waals surface area contributed by atoms with Crippen LogP contribution in [-0.4, -0.2) is 0 Å². The normalized spacial score (nSPS) is 11.2. The van der Waals surface area contributed by atoms with E-state index in [-0.39, 0.29) is 0 Å². The van der Waals surface area contributed by atoms with Crippen molar-refractivity contribution in [3.63, 3.8) is 0 Å². The molecule has 0 atom stereocenters. The van der Waals surface area contributed by atoms with Crippen molar-refractivity contribution in [1.82, 2.24) is 0 Å². The zero-order valence-electron chi connectivity index (χ0n) is 13.0. The molecule has 3 rings (SSSR count). The van der Waals surface area contributed by atoms with Gasteiger partial charge in [-0.2, -0.15) is 5.26 Å². The second-order valence-electron chi connectivity index (χ2n) is 5.50. The average molecular weight is 315 g/mol. The molecule has 3 aromatic rings. The molecule has 0 unspecified atom stereocenters. The fourth-order valence-electron chi connectivity index (χ4n) is 2.42. The van der Waals surface area contributed by atoms with E-state index >= 15 is 0 Å². The predicted octanol–water partition coefficient (Wildman–Crippen LogP) is 5.71. The highest BCUT2D eigenvalue weighted by molar-refractivity contribution is 7.13. The first-order valence-corrected chi connectivity index (χ1v) is 8.38. The third-order valence-electron chi connectivity index (χ3n) is 3.67. The van der Waals surface area contributed by atoms with Crippen molar-refractivity contribution in [2.24, 2.45) is 0 Å². The number of aryl methyl sites for hydroxylation is 1. The van der Waals surface area contributed by atoms with Gasteiger partial charge in [-0.25, -0.2) is 0 Å². The Hall–Kier alpha value is -2.63. The Morgan fingerprint density at radius 1 is 1.00 bits per heavy atom. The minimum absolute atomic E-state index is 0.707. The number of rotatable bonds is 4. The lowest BCUT2D eigenvalue weighted by atomic mass is 10.0. The van der Waals surface area contributed by atoms with E-state index in [1.54, 1.807) is 11.3 Å². The van der Waals surface area contributed by atoms with Crippen molar-refractivity contribution >= 4 is 23.0 Å². The molecule has 23 heavy (non-hydrogen) atoms. The van der Waals surface area contributed by atoms with Crippen LogP contribution in [0.5, 0.6) is 0 Å². The molecule has 112 valence electrons. The zero-order valence-corrected chi connectivity index (χ0v) is 13.8. The van der Waals surface area contributed by atoms with E-state index in [2.05, 4.69) is 49.4 Å². The number of nitrogens with zero attached hydrogens (tertiary/aromatic N) is 1. The van der Waals surface area contributed by atoms with E-state index in [0.717, 1.165) is 16.9 Å². The van der Waals surface area contributed by atoms with Crippen molar-refractivity contribution in [2.75, 3.05) is 0 Å². The molecule has 0 bridgehead atoms. The van der Waals surface area contributed by atoms with Crippen LogP contribution in [0.25, 0.3) is 11.6 Å². The summed E-state index contributed by atoms with van der Waals surface area (Å²) in [5.74, 6) is 0. The zero-order chi connectivity index (χ0) is 16.1. The fraction of sp³-hybridized carbons (Fsp3) is 0.0952. The summed E-state index contributed by atoms with van der Waals surface area (Å²) in [5.41, 5.74) is 4.19. The number of hydrogen-bond acceptors (Lipinski definition) is 2. The maximum atomic E-state index is 9.44. The van der Waals surface area contributed by atoms with Gasteiger partial charge in [-0.05, 0) is 36.3 Å². The molecule has 1 heterocycles. The third kappa shape index (κ3) is 3.97. The van der Waals surface area contributed by atoms with Crippen molar-refractivity contribution < 1.29 is 0 Å². The lowest BCUT2D eigenvalue weighted by Crippen LogP contribution is -1.82. The van der Waals surface area contributed by atoms with E-state index in [0.29, 0.717) is 5.57 Å². The Morgan fingerprint density at radius 2 is 1.74 bits per heavy atom. The van der Waals surface area contributed by atoms with Gasteiger partial charge in [0.2, 0.25) is 0 Å². The maximum absolute atomic E-state index is 9.44.